The number of hydrogen-bond acceptors (Lipinski definition) is 3. The summed E-state index contributed by atoms with van der Waals surface area (Å²) in [5, 5.41) is 18.5. The van der Waals surface area contributed by atoms with E-state index in [1.54, 1.807) is 0 Å². The van der Waals surface area contributed by atoms with Crippen LogP contribution in [0.15, 0.2) is 41.5 Å². The second-order valence-electron chi connectivity index (χ2n) is 6.71. The van der Waals surface area contributed by atoms with Gasteiger partial charge in [-0.2, -0.15) is 0 Å². The lowest BCUT2D eigenvalue weighted by Crippen LogP contribution is -2.43. The van der Waals surface area contributed by atoms with Gasteiger partial charge in [-0.25, -0.2) is 4.99 Å². The molecule has 0 fully saturated rings. The Morgan fingerprint density at radius 1 is 1.11 bits per heavy atom. The largest absolute Gasteiger partial charge is 0.396 e. The summed E-state index contributed by atoms with van der Waals surface area (Å²) < 4.78 is 0. The van der Waals surface area contributed by atoms with Gasteiger partial charge in [-0.1, -0.05) is 38.1 Å². The molecule has 0 atom stereocenters. The van der Waals surface area contributed by atoms with E-state index in [1.807, 2.05) is 24.4 Å². The zero-order chi connectivity index (χ0) is 18.8. The maximum Gasteiger partial charge on any atom is 0.191 e. The van der Waals surface area contributed by atoms with Gasteiger partial charge in [0.05, 0.1) is 12.2 Å². The smallest absolute Gasteiger partial charge is 0.191 e. The molecule has 0 aliphatic carbocycles. The van der Waals surface area contributed by atoms with Crippen molar-refractivity contribution in [3.05, 3.63) is 42.2 Å². The van der Waals surface area contributed by atoms with Crippen LogP contribution in [0.5, 0.6) is 0 Å². The van der Waals surface area contributed by atoms with Crippen LogP contribution in [-0.4, -0.2) is 35.7 Å². The second kappa shape index (κ2) is 12.1. The molecule has 0 saturated heterocycles. The molecule has 3 N–H and O–H groups in total. The molecule has 0 saturated carbocycles. The SMILES string of the molecule is CCNC(=NCc1nccc2ccccc12)NCC(CC)(CC)CCO.I. The number of halogens is 1. The number of aliphatic hydroxyl groups excluding tert-OH is 1. The zero-order valence-electron chi connectivity index (χ0n) is 16.7. The summed E-state index contributed by atoms with van der Waals surface area (Å²) in [7, 11) is 0. The highest BCUT2D eigenvalue weighted by atomic mass is 127. The van der Waals surface area contributed by atoms with Crippen molar-refractivity contribution < 1.29 is 5.11 Å². The Hall–Kier alpha value is -1.41. The molecule has 1 aromatic carbocycles. The Morgan fingerprint density at radius 3 is 2.52 bits per heavy atom. The van der Waals surface area contributed by atoms with Gasteiger partial charge in [0, 0.05) is 31.3 Å². The van der Waals surface area contributed by atoms with E-state index in [2.05, 4.69) is 48.5 Å². The predicted octanol–water partition coefficient (Wildman–Crippen LogP) is 4.10. The average Bonchev–Trinajstić information content (AvgIpc) is 2.69. The van der Waals surface area contributed by atoms with Crippen molar-refractivity contribution in [2.75, 3.05) is 19.7 Å². The predicted molar refractivity (Wildman–Crippen MR) is 125 cm³/mol. The summed E-state index contributed by atoms with van der Waals surface area (Å²) in [5.41, 5.74) is 1.08. The van der Waals surface area contributed by atoms with Crippen LogP contribution in [0.4, 0.5) is 0 Å². The number of aromatic nitrogens is 1. The van der Waals surface area contributed by atoms with E-state index in [1.165, 1.54) is 5.39 Å². The first-order valence-electron chi connectivity index (χ1n) is 9.63. The third-order valence-electron chi connectivity index (χ3n) is 5.26. The van der Waals surface area contributed by atoms with Crippen molar-refractivity contribution in [2.24, 2.45) is 10.4 Å². The molecule has 2 rings (SSSR count). The molecule has 0 unspecified atom stereocenters. The van der Waals surface area contributed by atoms with E-state index in [0.717, 1.165) is 49.4 Å². The summed E-state index contributed by atoms with van der Waals surface area (Å²) >= 11 is 0. The molecule has 0 bridgehead atoms. The number of rotatable bonds is 9. The monoisotopic (exact) mass is 484 g/mol. The minimum Gasteiger partial charge on any atom is -0.396 e. The van der Waals surface area contributed by atoms with E-state index < -0.39 is 0 Å². The lowest BCUT2D eigenvalue weighted by molar-refractivity contribution is 0.169. The highest BCUT2D eigenvalue weighted by molar-refractivity contribution is 14.0. The average molecular weight is 484 g/mol. The lowest BCUT2D eigenvalue weighted by Gasteiger charge is -2.32. The Bertz CT molecular complexity index is 711. The van der Waals surface area contributed by atoms with Crippen LogP contribution in [-0.2, 0) is 6.54 Å². The van der Waals surface area contributed by atoms with Crippen LogP contribution in [0.2, 0.25) is 0 Å². The van der Waals surface area contributed by atoms with Gasteiger partial charge in [0.15, 0.2) is 5.96 Å². The highest BCUT2D eigenvalue weighted by Crippen LogP contribution is 2.29. The Balaban J connectivity index is 0.00000364. The van der Waals surface area contributed by atoms with Gasteiger partial charge < -0.3 is 15.7 Å². The van der Waals surface area contributed by atoms with E-state index in [4.69, 9.17) is 4.99 Å². The highest BCUT2D eigenvalue weighted by Gasteiger charge is 2.25. The summed E-state index contributed by atoms with van der Waals surface area (Å²) in [6, 6.07) is 10.3. The molecule has 0 aliphatic heterocycles. The van der Waals surface area contributed by atoms with Crippen molar-refractivity contribution in [3.63, 3.8) is 0 Å². The number of nitrogens with one attached hydrogen (secondary N) is 2. The Morgan fingerprint density at radius 2 is 1.85 bits per heavy atom. The molecule has 150 valence electrons. The summed E-state index contributed by atoms with van der Waals surface area (Å²) in [6.45, 7) is 8.79. The van der Waals surface area contributed by atoms with Gasteiger partial charge in [0.2, 0.25) is 0 Å². The number of nitrogens with zero attached hydrogens (tertiary/aromatic N) is 2. The molecule has 0 aliphatic rings. The first kappa shape index (κ1) is 23.6. The fourth-order valence-electron chi connectivity index (χ4n) is 3.25. The summed E-state index contributed by atoms with van der Waals surface area (Å²) in [4.78, 5) is 9.25. The van der Waals surface area contributed by atoms with E-state index >= 15 is 0 Å². The second-order valence-corrected chi connectivity index (χ2v) is 6.71. The molecule has 2 aromatic rings. The van der Waals surface area contributed by atoms with E-state index in [9.17, 15) is 5.11 Å². The van der Waals surface area contributed by atoms with Gasteiger partial charge in [-0.15, -0.1) is 24.0 Å². The molecule has 27 heavy (non-hydrogen) atoms. The Kier molecular flexibility index (Phi) is 10.6. The van der Waals surface area contributed by atoms with Crippen molar-refractivity contribution in [2.45, 2.75) is 46.6 Å². The minimum absolute atomic E-state index is 0. The number of aliphatic hydroxyl groups is 1. The number of guanidine groups is 1. The standard InChI is InChI=1S/C21H32N4O.HI/c1-4-21(5-2,12-14-26)16-25-20(22-6-3)24-15-19-18-10-8-7-9-17(18)11-13-23-19;/h7-11,13,26H,4-6,12,14-16H2,1-3H3,(H2,22,24,25);1H. The van der Waals surface area contributed by atoms with Gasteiger partial charge in [0.1, 0.15) is 0 Å². The van der Waals surface area contributed by atoms with Gasteiger partial charge in [0.25, 0.3) is 0 Å². The summed E-state index contributed by atoms with van der Waals surface area (Å²) in [5.74, 6) is 0.798. The van der Waals surface area contributed by atoms with Crippen molar-refractivity contribution >= 4 is 40.7 Å². The molecule has 1 aromatic heterocycles. The van der Waals surface area contributed by atoms with Crippen molar-refractivity contribution in [3.8, 4) is 0 Å². The third-order valence-corrected chi connectivity index (χ3v) is 5.26. The number of pyridine rings is 1. The number of aliphatic imine (C=N–C) groups is 1. The molecule has 1 heterocycles. The van der Waals surface area contributed by atoms with Crippen LogP contribution in [0.3, 0.4) is 0 Å². The van der Waals surface area contributed by atoms with Gasteiger partial charge >= 0.3 is 0 Å². The van der Waals surface area contributed by atoms with E-state index in [0.29, 0.717) is 6.54 Å². The van der Waals surface area contributed by atoms with Crippen LogP contribution in [0, 0.1) is 5.41 Å². The Labute approximate surface area is 180 Å². The normalized spacial score (nSPS) is 11.9. The maximum atomic E-state index is 9.40. The topological polar surface area (TPSA) is 69.5 Å². The molecule has 0 amide bonds. The zero-order valence-corrected chi connectivity index (χ0v) is 19.0. The fourth-order valence-corrected chi connectivity index (χ4v) is 3.25. The molecule has 0 radical (unpaired) electrons. The van der Waals surface area contributed by atoms with Crippen LogP contribution in [0.25, 0.3) is 10.8 Å². The molecular formula is C21H33IN4O. The quantitative estimate of drug-likeness (QED) is 0.285. The van der Waals surface area contributed by atoms with Crippen LogP contribution in [0.1, 0.15) is 45.7 Å². The van der Waals surface area contributed by atoms with E-state index in [-0.39, 0.29) is 36.0 Å². The molecule has 5 nitrogen and oxygen atoms in total. The number of hydrogen-bond donors (Lipinski definition) is 3. The van der Waals surface area contributed by atoms with Crippen LogP contribution < -0.4 is 10.6 Å². The number of benzene rings is 1. The van der Waals surface area contributed by atoms with Gasteiger partial charge in [-0.3, -0.25) is 4.98 Å². The number of fused-ring (bicyclic) bond motifs is 1. The maximum absolute atomic E-state index is 9.40. The lowest BCUT2D eigenvalue weighted by atomic mass is 9.79. The fraction of sp³-hybridized carbons (Fsp3) is 0.524. The van der Waals surface area contributed by atoms with Crippen molar-refractivity contribution in [1.29, 1.82) is 0 Å². The first-order valence-corrected chi connectivity index (χ1v) is 9.63. The van der Waals surface area contributed by atoms with Gasteiger partial charge in [-0.05, 0) is 43.1 Å². The molecule has 0 spiro atoms. The minimum atomic E-state index is 0. The van der Waals surface area contributed by atoms with Crippen LogP contribution >= 0.6 is 24.0 Å². The summed E-state index contributed by atoms with van der Waals surface area (Å²) in [6.07, 6.45) is 4.70. The first-order chi connectivity index (χ1) is 12.7. The third kappa shape index (κ3) is 6.60. The van der Waals surface area contributed by atoms with Crippen molar-refractivity contribution in [1.82, 2.24) is 15.6 Å². The molecular weight excluding hydrogens is 451 g/mol. The molecule has 6 heteroatoms.